The molecular formula is C29H37N7O3. The van der Waals surface area contributed by atoms with E-state index in [0.29, 0.717) is 46.9 Å². The summed E-state index contributed by atoms with van der Waals surface area (Å²) in [5, 5.41) is 13.9. The number of ether oxygens (including phenoxy) is 1. The molecule has 5 rings (SSSR count). The van der Waals surface area contributed by atoms with Gasteiger partial charge >= 0.3 is 0 Å². The number of nitrogens with zero attached hydrogens (tertiary/aromatic N) is 4. The van der Waals surface area contributed by atoms with E-state index >= 15 is 0 Å². The quantitative estimate of drug-likeness (QED) is 0.388. The lowest BCUT2D eigenvalue weighted by atomic mass is 10.0. The third-order valence-electron chi connectivity index (χ3n) is 7.31. The molecule has 1 aliphatic heterocycles. The first kappa shape index (κ1) is 26.8. The number of carbonyl (C=O) groups is 2. The number of aryl methyl sites for hydroxylation is 2. The Bertz CT molecular complexity index is 1350. The summed E-state index contributed by atoms with van der Waals surface area (Å²) in [5.74, 6) is 0.249. The Balaban J connectivity index is 1.45. The summed E-state index contributed by atoms with van der Waals surface area (Å²) in [6.45, 7) is 9.25. The van der Waals surface area contributed by atoms with Crippen molar-refractivity contribution in [2.24, 2.45) is 0 Å². The van der Waals surface area contributed by atoms with Gasteiger partial charge in [-0.3, -0.25) is 19.2 Å². The first-order chi connectivity index (χ1) is 18.8. The molecule has 39 heavy (non-hydrogen) atoms. The number of aromatic nitrogens is 3. The molecule has 1 aromatic carbocycles. The van der Waals surface area contributed by atoms with Crippen LogP contribution in [0.3, 0.4) is 0 Å². The number of rotatable bonds is 9. The SMILES string of the molecule is CNC(=O)c1cc(C(=O)Nc2ncccc2C)c(C)cc1OC(CN1CCN[C@H](C)C1)c1ccn(C2CC2)n1. The third-order valence-corrected chi connectivity index (χ3v) is 7.31. The van der Waals surface area contributed by atoms with E-state index in [1.165, 1.54) is 0 Å². The number of piperazine rings is 1. The maximum Gasteiger partial charge on any atom is 0.257 e. The molecular weight excluding hydrogens is 494 g/mol. The molecule has 1 saturated carbocycles. The van der Waals surface area contributed by atoms with Gasteiger partial charge < -0.3 is 20.7 Å². The average Bonchev–Trinajstić information content (AvgIpc) is 3.65. The van der Waals surface area contributed by atoms with E-state index in [0.717, 1.165) is 43.7 Å². The van der Waals surface area contributed by atoms with Crippen LogP contribution in [0.2, 0.25) is 0 Å². The van der Waals surface area contributed by atoms with Gasteiger partial charge in [0.05, 0.1) is 11.6 Å². The van der Waals surface area contributed by atoms with E-state index in [1.54, 1.807) is 25.4 Å². The molecule has 10 heteroatoms. The number of carbonyl (C=O) groups excluding carboxylic acids is 2. The zero-order valence-corrected chi connectivity index (χ0v) is 23.0. The topological polar surface area (TPSA) is 113 Å². The summed E-state index contributed by atoms with van der Waals surface area (Å²) in [5.41, 5.74) is 3.07. The summed E-state index contributed by atoms with van der Waals surface area (Å²) in [7, 11) is 1.57. The fourth-order valence-electron chi connectivity index (χ4n) is 4.95. The fourth-order valence-corrected chi connectivity index (χ4v) is 4.95. The standard InChI is InChI=1S/C29H37N7O3/c1-18-6-5-10-32-27(18)33-29(38)22-15-23(28(37)30-4)25(14-19(22)2)39-26(17-35-13-11-31-20(3)16-35)24-9-12-36(34-24)21-7-8-21/h5-6,9-10,12,14-15,20-21,26,31H,7-8,11,13,16-17H2,1-4H3,(H,30,37)(H,32,33,38)/t20-,26?/m1/s1. The van der Waals surface area contributed by atoms with Crippen LogP contribution < -0.4 is 20.7 Å². The van der Waals surface area contributed by atoms with E-state index < -0.39 is 0 Å². The normalized spacial score (nSPS) is 18.4. The molecule has 2 amide bonds. The molecule has 0 radical (unpaired) electrons. The second-order valence-electron chi connectivity index (χ2n) is 10.5. The molecule has 3 aromatic rings. The minimum atomic E-state index is -0.381. The highest BCUT2D eigenvalue weighted by Crippen LogP contribution is 2.35. The lowest BCUT2D eigenvalue weighted by molar-refractivity contribution is 0.0934. The molecule has 2 aromatic heterocycles. The van der Waals surface area contributed by atoms with Gasteiger partial charge in [0.2, 0.25) is 0 Å². The lowest BCUT2D eigenvalue weighted by Gasteiger charge is -2.34. The van der Waals surface area contributed by atoms with Crippen LogP contribution in [0.15, 0.2) is 42.7 Å². The number of hydrogen-bond acceptors (Lipinski definition) is 7. The number of pyridine rings is 1. The van der Waals surface area contributed by atoms with Crippen molar-refractivity contribution in [1.82, 2.24) is 30.3 Å². The van der Waals surface area contributed by atoms with Crippen LogP contribution >= 0.6 is 0 Å². The molecule has 2 aliphatic rings. The Morgan fingerprint density at radius 2 is 1.97 bits per heavy atom. The van der Waals surface area contributed by atoms with Crippen molar-refractivity contribution in [2.75, 3.05) is 38.5 Å². The van der Waals surface area contributed by atoms with E-state index in [-0.39, 0.29) is 17.9 Å². The van der Waals surface area contributed by atoms with Crippen LogP contribution in [-0.4, -0.2) is 70.7 Å². The number of nitrogens with one attached hydrogen (secondary N) is 3. The molecule has 2 fully saturated rings. The van der Waals surface area contributed by atoms with Gasteiger partial charge in [0, 0.05) is 57.2 Å². The van der Waals surface area contributed by atoms with Crippen LogP contribution in [0.4, 0.5) is 5.82 Å². The molecule has 2 atom stereocenters. The summed E-state index contributed by atoms with van der Waals surface area (Å²) < 4.78 is 8.63. The molecule has 1 saturated heterocycles. The van der Waals surface area contributed by atoms with Gasteiger partial charge in [-0.15, -0.1) is 0 Å². The number of anilines is 1. The molecule has 1 aliphatic carbocycles. The van der Waals surface area contributed by atoms with E-state index in [4.69, 9.17) is 9.84 Å². The monoisotopic (exact) mass is 531 g/mol. The Hall–Kier alpha value is -3.76. The van der Waals surface area contributed by atoms with Crippen molar-refractivity contribution < 1.29 is 14.3 Å². The second-order valence-corrected chi connectivity index (χ2v) is 10.5. The highest BCUT2D eigenvalue weighted by atomic mass is 16.5. The molecule has 0 spiro atoms. The summed E-state index contributed by atoms with van der Waals surface area (Å²) in [4.78, 5) is 32.9. The van der Waals surface area contributed by atoms with Crippen molar-refractivity contribution in [3.8, 4) is 5.75 Å². The minimum Gasteiger partial charge on any atom is -0.482 e. The van der Waals surface area contributed by atoms with Gasteiger partial charge in [0.1, 0.15) is 17.3 Å². The Kier molecular flexibility index (Phi) is 7.94. The number of benzene rings is 1. The van der Waals surface area contributed by atoms with Crippen molar-refractivity contribution in [2.45, 2.75) is 51.8 Å². The number of amides is 2. The van der Waals surface area contributed by atoms with Crippen molar-refractivity contribution in [3.05, 3.63) is 70.7 Å². The van der Waals surface area contributed by atoms with Gasteiger partial charge in [-0.2, -0.15) is 5.10 Å². The Labute approximate surface area is 229 Å². The van der Waals surface area contributed by atoms with Crippen LogP contribution in [0.5, 0.6) is 5.75 Å². The summed E-state index contributed by atoms with van der Waals surface area (Å²) in [6, 6.07) is 9.93. The van der Waals surface area contributed by atoms with Gasteiger partial charge in [-0.1, -0.05) is 6.07 Å². The van der Waals surface area contributed by atoms with Gasteiger partial charge in [-0.25, -0.2) is 4.98 Å². The highest BCUT2D eigenvalue weighted by molar-refractivity contribution is 6.07. The molecule has 206 valence electrons. The maximum atomic E-state index is 13.2. The van der Waals surface area contributed by atoms with Crippen molar-refractivity contribution in [3.63, 3.8) is 0 Å². The summed E-state index contributed by atoms with van der Waals surface area (Å²) >= 11 is 0. The van der Waals surface area contributed by atoms with Crippen LogP contribution in [0, 0.1) is 13.8 Å². The van der Waals surface area contributed by atoms with Crippen LogP contribution in [0.25, 0.3) is 0 Å². The predicted octanol–water partition coefficient (Wildman–Crippen LogP) is 3.26. The third kappa shape index (κ3) is 6.29. The van der Waals surface area contributed by atoms with E-state index in [2.05, 4.69) is 32.8 Å². The molecule has 3 N–H and O–H groups in total. The molecule has 10 nitrogen and oxygen atoms in total. The summed E-state index contributed by atoms with van der Waals surface area (Å²) in [6.07, 6.45) is 5.55. The average molecular weight is 532 g/mol. The molecule has 1 unspecified atom stereocenters. The maximum absolute atomic E-state index is 13.2. The fraction of sp³-hybridized carbons (Fsp3) is 0.448. The zero-order chi connectivity index (χ0) is 27.5. The van der Waals surface area contributed by atoms with E-state index in [9.17, 15) is 9.59 Å². The second kappa shape index (κ2) is 11.5. The lowest BCUT2D eigenvalue weighted by Crippen LogP contribution is -2.50. The van der Waals surface area contributed by atoms with Crippen molar-refractivity contribution in [1.29, 1.82) is 0 Å². The Morgan fingerprint density at radius 3 is 2.69 bits per heavy atom. The van der Waals surface area contributed by atoms with Gasteiger partial charge in [-0.05, 0) is 69.0 Å². The van der Waals surface area contributed by atoms with Crippen LogP contribution in [0.1, 0.15) is 69.4 Å². The minimum absolute atomic E-state index is 0.297. The van der Waals surface area contributed by atoms with Crippen LogP contribution in [-0.2, 0) is 0 Å². The first-order valence-corrected chi connectivity index (χ1v) is 13.6. The molecule has 3 heterocycles. The number of hydrogen-bond donors (Lipinski definition) is 3. The first-order valence-electron chi connectivity index (χ1n) is 13.6. The smallest absolute Gasteiger partial charge is 0.257 e. The van der Waals surface area contributed by atoms with Gasteiger partial charge in [0.25, 0.3) is 11.8 Å². The predicted molar refractivity (Wildman–Crippen MR) is 149 cm³/mol. The highest BCUT2D eigenvalue weighted by Gasteiger charge is 2.29. The Morgan fingerprint density at radius 1 is 1.15 bits per heavy atom. The van der Waals surface area contributed by atoms with Crippen molar-refractivity contribution >= 4 is 17.6 Å². The molecule has 0 bridgehead atoms. The van der Waals surface area contributed by atoms with Gasteiger partial charge in [0.15, 0.2) is 6.10 Å². The zero-order valence-electron chi connectivity index (χ0n) is 23.0. The van der Waals surface area contributed by atoms with E-state index in [1.807, 2.05) is 42.9 Å². The largest absolute Gasteiger partial charge is 0.482 e.